The number of carbonyl (C=O) groups excluding carboxylic acids is 1. The predicted molar refractivity (Wildman–Crippen MR) is 101 cm³/mol. The van der Waals surface area contributed by atoms with Crippen LogP contribution in [0.4, 0.5) is 0 Å². The monoisotopic (exact) mass is 352 g/mol. The summed E-state index contributed by atoms with van der Waals surface area (Å²) in [5, 5.41) is 11.5. The maximum Gasteiger partial charge on any atom is 0.251 e. The van der Waals surface area contributed by atoms with Crippen LogP contribution in [0.25, 0.3) is 11.0 Å². The molecule has 1 aliphatic rings. The van der Waals surface area contributed by atoms with Gasteiger partial charge in [-0.2, -0.15) is 11.8 Å². The SMILES string of the molecule is O=C(NC1CCSCC1)c1ccc(Cn2nnc3ccccc32)cc1. The molecular weight excluding hydrogens is 332 g/mol. The van der Waals surface area contributed by atoms with Gasteiger partial charge in [-0.15, -0.1) is 5.10 Å². The van der Waals surface area contributed by atoms with Crippen molar-refractivity contribution in [1.29, 1.82) is 0 Å². The summed E-state index contributed by atoms with van der Waals surface area (Å²) >= 11 is 1.96. The zero-order valence-corrected chi connectivity index (χ0v) is 14.7. The molecule has 1 N–H and O–H groups in total. The zero-order chi connectivity index (χ0) is 17.1. The third-order valence-corrected chi connectivity index (χ3v) is 5.57. The van der Waals surface area contributed by atoms with Crippen LogP contribution in [0.5, 0.6) is 0 Å². The molecule has 0 saturated carbocycles. The van der Waals surface area contributed by atoms with E-state index in [1.54, 1.807) is 0 Å². The fourth-order valence-corrected chi connectivity index (χ4v) is 4.19. The fourth-order valence-electron chi connectivity index (χ4n) is 3.08. The van der Waals surface area contributed by atoms with Crippen molar-refractivity contribution < 1.29 is 4.79 Å². The largest absolute Gasteiger partial charge is 0.349 e. The molecule has 5 nitrogen and oxygen atoms in total. The summed E-state index contributed by atoms with van der Waals surface area (Å²) < 4.78 is 1.88. The number of thioether (sulfide) groups is 1. The Morgan fingerprint density at radius 1 is 1.12 bits per heavy atom. The van der Waals surface area contributed by atoms with Crippen molar-refractivity contribution in [2.45, 2.75) is 25.4 Å². The number of hydrogen-bond acceptors (Lipinski definition) is 4. The molecule has 6 heteroatoms. The van der Waals surface area contributed by atoms with Crippen molar-refractivity contribution in [3.63, 3.8) is 0 Å². The second kappa shape index (κ2) is 7.27. The van der Waals surface area contributed by atoms with E-state index in [0.717, 1.165) is 40.9 Å². The summed E-state index contributed by atoms with van der Waals surface area (Å²) in [4.78, 5) is 12.4. The van der Waals surface area contributed by atoms with E-state index in [1.165, 1.54) is 0 Å². The number of amides is 1. The summed E-state index contributed by atoms with van der Waals surface area (Å²) in [6.45, 7) is 0.641. The molecule has 1 saturated heterocycles. The lowest BCUT2D eigenvalue weighted by Gasteiger charge is -2.22. The van der Waals surface area contributed by atoms with Crippen molar-refractivity contribution in [1.82, 2.24) is 20.3 Å². The van der Waals surface area contributed by atoms with Crippen molar-refractivity contribution in [2.24, 2.45) is 0 Å². The molecule has 1 aliphatic heterocycles. The van der Waals surface area contributed by atoms with E-state index in [4.69, 9.17) is 0 Å². The molecule has 0 radical (unpaired) electrons. The highest BCUT2D eigenvalue weighted by Crippen LogP contribution is 2.18. The topological polar surface area (TPSA) is 59.8 Å². The molecule has 0 aliphatic carbocycles. The molecule has 0 atom stereocenters. The number of hydrogen-bond donors (Lipinski definition) is 1. The molecule has 2 aromatic carbocycles. The number of nitrogens with zero attached hydrogens (tertiary/aromatic N) is 3. The van der Waals surface area contributed by atoms with E-state index in [9.17, 15) is 4.79 Å². The van der Waals surface area contributed by atoms with Gasteiger partial charge in [0.1, 0.15) is 5.52 Å². The minimum atomic E-state index is 0.0228. The van der Waals surface area contributed by atoms with Gasteiger partial charge in [0.15, 0.2) is 0 Å². The molecule has 25 heavy (non-hydrogen) atoms. The molecule has 0 unspecified atom stereocenters. The Hall–Kier alpha value is -2.34. The predicted octanol–water partition coefficient (Wildman–Crippen LogP) is 3.11. The number of para-hydroxylation sites is 1. The molecule has 0 bridgehead atoms. The van der Waals surface area contributed by atoms with Crippen LogP contribution in [-0.4, -0.2) is 38.4 Å². The van der Waals surface area contributed by atoms with Gasteiger partial charge in [0.2, 0.25) is 0 Å². The van der Waals surface area contributed by atoms with Gasteiger partial charge in [-0.05, 0) is 54.2 Å². The van der Waals surface area contributed by atoms with Crippen molar-refractivity contribution in [3.8, 4) is 0 Å². The standard InChI is InChI=1S/C19H20N4OS/c24-19(20-16-9-11-25-12-10-16)15-7-5-14(6-8-15)13-23-18-4-2-1-3-17(18)21-22-23/h1-8,16H,9-13H2,(H,20,24). The van der Waals surface area contributed by atoms with Crippen LogP contribution >= 0.6 is 11.8 Å². The molecule has 1 amide bonds. The minimum Gasteiger partial charge on any atom is -0.349 e. The first-order valence-corrected chi connectivity index (χ1v) is 9.71. The Labute approximate surface area is 150 Å². The highest BCUT2D eigenvalue weighted by molar-refractivity contribution is 7.99. The maximum atomic E-state index is 12.4. The molecule has 128 valence electrons. The Kier molecular flexibility index (Phi) is 4.70. The molecule has 0 spiro atoms. The summed E-state index contributed by atoms with van der Waals surface area (Å²) in [6, 6.07) is 16.0. The van der Waals surface area contributed by atoms with Crippen LogP contribution in [0.3, 0.4) is 0 Å². The summed E-state index contributed by atoms with van der Waals surface area (Å²) in [5.74, 6) is 2.29. The summed E-state index contributed by atoms with van der Waals surface area (Å²) in [5.41, 5.74) is 3.72. The highest BCUT2D eigenvalue weighted by Gasteiger charge is 2.16. The summed E-state index contributed by atoms with van der Waals surface area (Å²) in [7, 11) is 0. The Balaban J connectivity index is 1.43. The van der Waals surface area contributed by atoms with Gasteiger partial charge >= 0.3 is 0 Å². The van der Waals surface area contributed by atoms with Crippen molar-refractivity contribution >= 4 is 28.7 Å². The van der Waals surface area contributed by atoms with E-state index in [0.29, 0.717) is 18.2 Å². The Morgan fingerprint density at radius 3 is 2.68 bits per heavy atom. The maximum absolute atomic E-state index is 12.4. The van der Waals surface area contributed by atoms with Gasteiger partial charge in [-0.25, -0.2) is 4.68 Å². The van der Waals surface area contributed by atoms with Gasteiger partial charge < -0.3 is 5.32 Å². The van der Waals surface area contributed by atoms with Crippen LogP contribution in [0.15, 0.2) is 48.5 Å². The van der Waals surface area contributed by atoms with Crippen LogP contribution in [0, 0.1) is 0 Å². The number of carbonyl (C=O) groups is 1. The lowest BCUT2D eigenvalue weighted by molar-refractivity contribution is 0.0935. The highest BCUT2D eigenvalue weighted by atomic mass is 32.2. The number of nitrogens with one attached hydrogen (secondary N) is 1. The molecular formula is C19H20N4OS. The Bertz CT molecular complexity index is 869. The molecule has 3 aromatic rings. The number of benzene rings is 2. The first kappa shape index (κ1) is 16.1. The number of rotatable bonds is 4. The smallest absolute Gasteiger partial charge is 0.251 e. The van der Waals surface area contributed by atoms with Gasteiger partial charge in [0.25, 0.3) is 5.91 Å². The lowest BCUT2D eigenvalue weighted by Crippen LogP contribution is -2.37. The first-order valence-electron chi connectivity index (χ1n) is 8.55. The summed E-state index contributed by atoms with van der Waals surface area (Å²) in [6.07, 6.45) is 2.13. The van der Waals surface area contributed by atoms with Gasteiger partial charge in [0.05, 0.1) is 12.1 Å². The lowest BCUT2D eigenvalue weighted by atomic mass is 10.1. The van der Waals surface area contributed by atoms with Crippen LogP contribution in [0.1, 0.15) is 28.8 Å². The van der Waals surface area contributed by atoms with Gasteiger partial charge in [-0.1, -0.05) is 29.5 Å². The van der Waals surface area contributed by atoms with E-state index >= 15 is 0 Å². The molecule has 2 heterocycles. The van der Waals surface area contributed by atoms with Gasteiger partial charge in [-0.3, -0.25) is 4.79 Å². The van der Waals surface area contributed by atoms with E-state index in [1.807, 2.05) is 65.0 Å². The normalized spacial score (nSPS) is 15.4. The Morgan fingerprint density at radius 2 is 1.88 bits per heavy atom. The molecule has 4 rings (SSSR count). The van der Waals surface area contributed by atoms with Crippen molar-refractivity contribution in [2.75, 3.05) is 11.5 Å². The quantitative estimate of drug-likeness (QED) is 0.784. The van der Waals surface area contributed by atoms with Gasteiger partial charge in [0, 0.05) is 11.6 Å². The minimum absolute atomic E-state index is 0.0228. The zero-order valence-electron chi connectivity index (χ0n) is 13.9. The number of aromatic nitrogens is 3. The molecule has 1 aromatic heterocycles. The van der Waals surface area contributed by atoms with E-state index < -0.39 is 0 Å². The average molecular weight is 352 g/mol. The second-order valence-electron chi connectivity index (χ2n) is 6.29. The second-order valence-corrected chi connectivity index (χ2v) is 7.52. The number of fused-ring (bicyclic) bond motifs is 1. The average Bonchev–Trinajstić information content (AvgIpc) is 3.06. The van der Waals surface area contributed by atoms with Crippen molar-refractivity contribution in [3.05, 3.63) is 59.7 Å². The van der Waals surface area contributed by atoms with E-state index in [-0.39, 0.29) is 5.91 Å². The van der Waals surface area contributed by atoms with Crippen LogP contribution in [-0.2, 0) is 6.54 Å². The molecule has 1 fully saturated rings. The first-order chi connectivity index (χ1) is 12.3. The van der Waals surface area contributed by atoms with Crippen LogP contribution in [0.2, 0.25) is 0 Å². The van der Waals surface area contributed by atoms with E-state index in [2.05, 4.69) is 15.6 Å². The third-order valence-electron chi connectivity index (χ3n) is 4.53. The third kappa shape index (κ3) is 3.69. The fraction of sp³-hybridized carbons (Fsp3) is 0.316. The van der Waals surface area contributed by atoms with Crippen LogP contribution < -0.4 is 5.32 Å².